The number of ether oxygens (including phenoxy) is 2. The number of rotatable bonds is 5. The Hall–Kier alpha value is -2.96. The Labute approximate surface area is 139 Å². The average molecular weight is 329 g/mol. The third-order valence-electron chi connectivity index (χ3n) is 4.00. The number of amides is 2. The van der Waals surface area contributed by atoms with Gasteiger partial charge in [0.25, 0.3) is 5.91 Å². The summed E-state index contributed by atoms with van der Waals surface area (Å²) in [7, 11) is 3.15. The number of nitrogens with one attached hydrogen (secondary N) is 2. The van der Waals surface area contributed by atoms with Crippen LogP contribution < -0.4 is 20.1 Å². The first-order valence-electron chi connectivity index (χ1n) is 7.57. The van der Waals surface area contributed by atoms with Gasteiger partial charge >= 0.3 is 0 Å². The summed E-state index contributed by atoms with van der Waals surface area (Å²) in [6.45, 7) is 0.694. The summed E-state index contributed by atoms with van der Waals surface area (Å²) >= 11 is 0. The van der Waals surface area contributed by atoms with Crippen molar-refractivity contribution in [3.63, 3.8) is 0 Å². The van der Waals surface area contributed by atoms with Crippen LogP contribution in [0, 0.1) is 0 Å². The molecule has 7 heteroatoms. The normalized spacial score (nSPS) is 16.1. The number of carbonyl (C=O) groups excluding carboxylic acids is 2. The largest absolute Gasteiger partial charge is 0.497 e. The third kappa shape index (κ3) is 3.05. The van der Waals surface area contributed by atoms with E-state index in [0.29, 0.717) is 23.7 Å². The first-order valence-corrected chi connectivity index (χ1v) is 7.57. The standard InChI is InChI=1S/C17H19N3O4/c1-23-12-5-6-15(24-2)11(8-12)9-18-16(21)13-10-20-7-3-4-14(20)17(22)19-13/h3-8,13H,9-10H2,1-2H3,(H,18,21)(H,19,22). The summed E-state index contributed by atoms with van der Waals surface area (Å²) in [4.78, 5) is 24.4. The summed E-state index contributed by atoms with van der Waals surface area (Å²) in [6.07, 6.45) is 1.79. The molecule has 1 unspecified atom stereocenters. The van der Waals surface area contributed by atoms with Gasteiger partial charge in [0.1, 0.15) is 23.2 Å². The highest BCUT2D eigenvalue weighted by atomic mass is 16.5. The minimum Gasteiger partial charge on any atom is -0.497 e. The third-order valence-corrected chi connectivity index (χ3v) is 4.00. The Morgan fingerprint density at radius 3 is 2.92 bits per heavy atom. The van der Waals surface area contributed by atoms with Crippen molar-refractivity contribution in [1.82, 2.24) is 15.2 Å². The quantitative estimate of drug-likeness (QED) is 0.855. The second kappa shape index (κ2) is 6.66. The van der Waals surface area contributed by atoms with Gasteiger partial charge in [-0.15, -0.1) is 0 Å². The molecule has 1 aromatic heterocycles. The Kier molecular flexibility index (Phi) is 4.41. The minimum atomic E-state index is -0.603. The van der Waals surface area contributed by atoms with E-state index < -0.39 is 6.04 Å². The molecule has 24 heavy (non-hydrogen) atoms. The van der Waals surface area contributed by atoms with Gasteiger partial charge in [0.15, 0.2) is 0 Å². The predicted molar refractivity (Wildman–Crippen MR) is 87.1 cm³/mol. The van der Waals surface area contributed by atoms with Gasteiger partial charge in [0, 0.05) is 18.3 Å². The molecule has 0 saturated carbocycles. The van der Waals surface area contributed by atoms with Crippen molar-refractivity contribution in [2.75, 3.05) is 14.2 Å². The maximum absolute atomic E-state index is 12.4. The van der Waals surface area contributed by atoms with Crippen LogP contribution in [0.25, 0.3) is 0 Å². The van der Waals surface area contributed by atoms with Gasteiger partial charge in [-0.2, -0.15) is 0 Å². The molecular formula is C17H19N3O4. The van der Waals surface area contributed by atoms with Crippen LogP contribution in [0.2, 0.25) is 0 Å². The van der Waals surface area contributed by atoms with E-state index in [1.807, 2.05) is 6.07 Å². The molecule has 1 atom stereocenters. The average Bonchev–Trinajstić information content (AvgIpc) is 3.08. The topological polar surface area (TPSA) is 81.6 Å². The number of fused-ring (bicyclic) bond motifs is 1. The zero-order chi connectivity index (χ0) is 17.1. The molecule has 1 aliphatic heterocycles. The maximum atomic E-state index is 12.4. The number of hydrogen-bond donors (Lipinski definition) is 2. The van der Waals surface area contributed by atoms with Crippen molar-refractivity contribution in [2.24, 2.45) is 0 Å². The number of benzene rings is 1. The van der Waals surface area contributed by atoms with Crippen LogP contribution in [0.1, 0.15) is 16.1 Å². The maximum Gasteiger partial charge on any atom is 0.268 e. The first-order chi connectivity index (χ1) is 11.6. The summed E-state index contributed by atoms with van der Waals surface area (Å²) in [6, 6.07) is 8.30. The summed E-state index contributed by atoms with van der Waals surface area (Å²) in [5, 5.41) is 5.55. The van der Waals surface area contributed by atoms with Crippen LogP contribution >= 0.6 is 0 Å². The van der Waals surface area contributed by atoms with Gasteiger partial charge in [-0.1, -0.05) is 0 Å². The first kappa shape index (κ1) is 15.9. The van der Waals surface area contributed by atoms with Crippen molar-refractivity contribution in [3.05, 3.63) is 47.8 Å². The zero-order valence-corrected chi connectivity index (χ0v) is 13.5. The molecule has 126 valence electrons. The number of carbonyl (C=O) groups is 2. The van der Waals surface area contributed by atoms with Crippen molar-refractivity contribution >= 4 is 11.8 Å². The van der Waals surface area contributed by atoms with E-state index in [1.165, 1.54) is 0 Å². The van der Waals surface area contributed by atoms with Gasteiger partial charge in [0.2, 0.25) is 5.91 Å². The number of nitrogens with zero attached hydrogens (tertiary/aromatic N) is 1. The molecule has 1 aliphatic rings. The smallest absolute Gasteiger partial charge is 0.268 e. The second-order valence-corrected chi connectivity index (χ2v) is 5.47. The summed E-state index contributed by atoms with van der Waals surface area (Å²) < 4.78 is 12.3. The van der Waals surface area contributed by atoms with E-state index in [2.05, 4.69) is 10.6 Å². The van der Waals surface area contributed by atoms with Crippen LogP contribution in [0.15, 0.2) is 36.5 Å². The molecule has 0 bridgehead atoms. The molecule has 2 N–H and O–H groups in total. The summed E-state index contributed by atoms with van der Waals surface area (Å²) in [5.74, 6) is 0.859. The fraction of sp³-hybridized carbons (Fsp3) is 0.294. The lowest BCUT2D eigenvalue weighted by atomic mass is 10.1. The second-order valence-electron chi connectivity index (χ2n) is 5.47. The van der Waals surface area contributed by atoms with Crippen LogP contribution in [0.5, 0.6) is 11.5 Å². The highest BCUT2D eigenvalue weighted by Gasteiger charge is 2.28. The SMILES string of the molecule is COc1ccc(OC)c(CNC(=O)C2Cn3cccc3C(=O)N2)c1. The fourth-order valence-corrected chi connectivity index (χ4v) is 2.73. The molecule has 0 spiro atoms. The van der Waals surface area contributed by atoms with E-state index in [0.717, 1.165) is 5.56 Å². The van der Waals surface area contributed by atoms with Crippen molar-refractivity contribution in [1.29, 1.82) is 0 Å². The Morgan fingerprint density at radius 2 is 2.17 bits per heavy atom. The lowest BCUT2D eigenvalue weighted by Crippen LogP contribution is -2.52. The molecule has 1 aromatic carbocycles. The number of methoxy groups -OCH3 is 2. The number of aromatic nitrogens is 1. The van der Waals surface area contributed by atoms with E-state index in [9.17, 15) is 9.59 Å². The van der Waals surface area contributed by atoms with Crippen molar-refractivity contribution in [2.45, 2.75) is 19.1 Å². The molecule has 2 aromatic rings. The van der Waals surface area contributed by atoms with E-state index in [-0.39, 0.29) is 18.4 Å². The van der Waals surface area contributed by atoms with Gasteiger partial charge in [0.05, 0.1) is 20.8 Å². The van der Waals surface area contributed by atoms with Crippen LogP contribution in [0.3, 0.4) is 0 Å². The number of hydrogen-bond acceptors (Lipinski definition) is 4. The van der Waals surface area contributed by atoms with Crippen molar-refractivity contribution in [3.8, 4) is 11.5 Å². The van der Waals surface area contributed by atoms with Crippen molar-refractivity contribution < 1.29 is 19.1 Å². The Bertz CT molecular complexity index is 769. The Balaban J connectivity index is 1.67. The zero-order valence-electron chi connectivity index (χ0n) is 13.5. The lowest BCUT2D eigenvalue weighted by Gasteiger charge is -2.25. The van der Waals surface area contributed by atoms with Crippen LogP contribution in [-0.2, 0) is 17.9 Å². The van der Waals surface area contributed by atoms with E-state index >= 15 is 0 Å². The monoisotopic (exact) mass is 329 g/mol. The highest BCUT2D eigenvalue weighted by molar-refractivity contribution is 5.97. The van der Waals surface area contributed by atoms with Gasteiger partial charge in [-0.25, -0.2) is 0 Å². The van der Waals surface area contributed by atoms with Gasteiger partial charge in [-0.3, -0.25) is 9.59 Å². The molecule has 3 rings (SSSR count). The minimum absolute atomic E-state index is 0.243. The molecule has 7 nitrogen and oxygen atoms in total. The van der Waals surface area contributed by atoms with E-state index in [1.54, 1.807) is 49.2 Å². The molecule has 0 radical (unpaired) electrons. The highest BCUT2D eigenvalue weighted by Crippen LogP contribution is 2.23. The Morgan fingerprint density at radius 1 is 1.33 bits per heavy atom. The van der Waals surface area contributed by atoms with Gasteiger partial charge < -0.3 is 24.7 Å². The van der Waals surface area contributed by atoms with Crippen LogP contribution in [-0.4, -0.2) is 36.6 Å². The van der Waals surface area contributed by atoms with Gasteiger partial charge in [-0.05, 0) is 30.3 Å². The molecule has 0 aliphatic carbocycles. The molecule has 0 fully saturated rings. The predicted octanol–water partition coefficient (Wildman–Crippen LogP) is 0.934. The molecule has 2 heterocycles. The van der Waals surface area contributed by atoms with E-state index in [4.69, 9.17) is 9.47 Å². The molecular weight excluding hydrogens is 310 g/mol. The van der Waals surface area contributed by atoms with Crippen LogP contribution in [0.4, 0.5) is 0 Å². The lowest BCUT2D eigenvalue weighted by molar-refractivity contribution is -0.123. The molecule has 2 amide bonds. The summed E-state index contributed by atoms with van der Waals surface area (Å²) in [5.41, 5.74) is 1.36. The molecule has 0 saturated heterocycles. The fourth-order valence-electron chi connectivity index (χ4n) is 2.73.